The van der Waals surface area contributed by atoms with Crippen LogP contribution < -0.4 is 0 Å². The van der Waals surface area contributed by atoms with Crippen molar-refractivity contribution < 1.29 is 14.0 Å². The number of fused-ring (bicyclic) bond motifs is 4. The Morgan fingerprint density at radius 1 is 0.743 bits per heavy atom. The van der Waals surface area contributed by atoms with Gasteiger partial charge in [0.15, 0.2) is 22.8 Å². The molecular formula is C30H18N2O3. The van der Waals surface area contributed by atoms with Gasteiger partial charge in [0.05, 0.1) is 11.3 Å². The molecule has 5 heteroatoms. The van der Waals surface area contributed by atoms with Gasteiger partial charge in [-0.3, -0.25) is 9.59 Å². The summed E-state index contributed by atoms with van der Waals surface area (Å²) < 4.78 is 7.96. The molecule has 0 saturated carbocycles. The molecule has 1 aliphatic rings. The lowest BCUT2D eigenvalue weighted by molar-refractivity contribution is 0.0990. The number of benzene rings is 4. The van der Waals surface area contributed by atoms with Crippen LogP contribution in [0.5, 0.6) is 0 Å². The van der Waals surface area contributed by atoms with Crippen molar-refractivity contribution in [2.45, 2.75) is 0 Å². The quantitative estimate of drug-likeness (QED) is 0.218. The standard InChI is InChI=1S/C30H18N2O3/c1-32-25(21-12-6-10-17-7-4-5-11-20(17)21)16-26-30(32)31-27(35-26)15-24-28(33)22-13-18-8-2-3-9-19(18)14-23(22)29(24)34/h2-16H,1H3. The fourth-order valence-corrected chi connectivity index (χ4v) is 5.04. The second-order valence-electron chi connectivity index (χ2n) is 8.82. The van der Waals surface area contributed by atoms with Crippen molar-refractivity contribution in [3.05, 3.63) is 108 Å². The molecule has 0 fully saturated rings. The summed E-state index contributed by atoms with van der Waals surface area (Å²) in [6.07, 6.45) is 1.47. The molecule has 5 nitrogen and oxygen atoms in total. The average molecular weight is 454 g/mol. The Labute approximate surface area is 199 Å². The van der Waals surface area contributed by atoms with E-state index < -0.39 is 0 Å². The van der Waals surface area contributed by atoms with Gasteiger partial charge in [0, 0.05) is 35.9 Å². The van der Waals surface area contributed by atoms with Crippen LogP contribution in [0.25, 0.3) is 50.1 Å². The first kappa shape index (κ1) is 19.7. The Morgan fingerprint density at radius 3 is 2.06 bits per heavy atom. The lowest BCUT2D eigenvalue weighted by atomic mass is 10.0. The molecule has 0 radical (unpaired) electrons. The molecule has 0 unspecified atom stereocenters. The number of Topliss-reactive ketones (excluding diaryl/α,β-unsaturated/α-hetero) is 2. The van der Waals surface area contributed by atoms with Crippen molar-refractivity contribution in [1.82, 2.24) is 9.55 Å². The minimum absolute atomic E-state index is 0.0798. The number of allylic oxidation sites excluding steroid dienone is 1. The number of carbonyl (C=O) groups is 2. The molecule has 0 saturated heterocycles. The average Bonchev–Trinajstić information content (AvgIpc) is 3.50. The maximum Gasteiger partial charge on any atom is 0.222 e. The zero-order chi connectivity index (χ0) is 23.7. The first-order valence-corrected chi connectivity index (χ1v) is 11.4. The third-order valence-electron chi connectivity index (χ3n) is 6.80. The Balaban J connectivity index is 1.31. The van der Waals surface area contributed by atoms with Crippen molar-refractivity contribution in [1.29, 1.82) is 0 Å². The zero-order valence-corrected chi connectivity index (χ0v) is 18.8. The summed E-state index contributed by atoms with van der Waals surface area (Å²) in [5.41, 5.74) is 4.25. The number of aryl methyl sites for hydroxylation is 1. The van der Waals surface area contributed by atoms with E-state index in [2.05, 4.69) is 29.2 Å². The van der Waals surface area contributed by atoms with Gasteiger partial charge >= 0.3 is 0 Å². The topological polar surface area (TPSA) is 65.1 Å². The number of rotatable bonds is 2. The molecule has 1 aliphatic carbocycles. The van der Waals surface area contributed by atoms with Gasteiger partial charge < -0.3 is 8.98 Å². The van der Waals surface area contributed by atoms with E-state index in [9.17, 15) is 9.59 Å². The van der Waals surface area contributed by atoms with Gasteiger partial charge in [0.2, 0.25) is 5.89 Å². The lowest BCUT2D eigenvalue weighted by Gasteiger charge is -2.07. The van der Waals surface area contributed by atoms with Crippen LogP contribution in [0.2, 0.25) is 0 Å². The molecule has 4 aromatic carbocycles. The van der Waals surface area contributed by atoms with Crippen LogP contribution in [0.1, 0.15) is 26.6 Å². The van der Waals surface area contributed by atoms with E-state index in [0.717, 1.165) is 32.8 Å². The van der Waals surface area contributed by atoms with Crippen LogP contribution in [-0.2, 0) is 7.05 Å². The maximum absolute atomic E-state index is 13.1. The largest absolute Gasteiger partial charge is 0.435 e. The zero-order valence-electron chi connectivity index (χ0n) is 18.8. The van der Waals surface area contributed by atoms with Crippen molar-refractivity contribution >= 4 is 50.4 Å². The first-order chi connectivity index (χ1) is 17.1. The van der Waals surface area contributed by atoms with Crippen molar-refractivity contribution in [3.8, 4) is 11.3 Å². The second kappa shape index (κ2) is 7.11. The van der Waals surface area contributed by atoms with Crippen LogP contribution in [0.4, 0.5) is 0 Å². The van der Waals surface area contributed by atoms with E-state index in [1.807, 2.05) is 60.1 Å². The molecular weight excluding hydrogens is 436 g/mol. The number of ketones is 2. The van der Waals surface area contributed by atoms with E-state index in [4.69, 9.17) is 4.42 Å². The molecule has 0 bridgehead atoms. The summed E-state index contributed by atoms with van der Waals surface area (Å²) in [6.45, 7) is 0. The number of hydrogen-bond acceptors (Lipinski definition) is 4. The molecule has 35 heavy (non-hydrogen) atoms. The van der Waals surface area contributed by atoms with Crippen molar-refractivity contribution in [3.63, 3.8) is 0 Å². The summed E-state index contributed by atoms with van der Waals surface area (Å²) in [4.78, 5) is 30.8. The minimum atomic E-state index is -0.297. The number of aromatic nitrogens is 2. The summed E-state index contributed by atoms with van der Waals surface area (Å²) in [7, 11) is 1.94. The van der Waals surface area contributed by atoms with Gasteiger partial charge in [-0.05, 0) is 33.7 Å². The van der Waals surface area contributed by atoms with E-state index in [1.165, 1.54) is 6.08 Å². The third-order valence-corrected chi connectivity index (χ3v) is 6.80. The van der Waals surface area contributed by atoms with Gasteiger partial charge in [-0.15, -0.1) is 0 Å². The molecule has 0 spiro atoms. The van der Waals surface area contributed by atoms with Gasteiger partial charge in [0.25, 0.3) is 0 Å². The number of nitrogens with zero attached hydrogens (tertiary/aromatic N) is 2. The van der Waals surface area contributed by atoms with E-state index in [0.29, 0.717) is 22.4 Å². The summed E-state index contributed by atoms with van der Waals surface area (Å²) in [5, 5.41) is 4.16. The molecule has 166 valence electrons. The highest BCUT2D eigenvalue weighted by Gasteiger charge is 2.34. The smallest absolute Gasteiger partial charge is 0.222 e. The van der Waals surface area contributed by atoms with Gasteiger partial charge in [-0.1, -0.05) is 66.7 Å². The molecule has 2 aromatic heterocycles. The molecule has 0 N–H and O–H groups in total. The monoisotopic (exact) mass is 454 g/mol. The fraction of sp³-hybridized carbons (Fsp3) is 0.0333. The first-order valence-electron chi connectivity index (χ1n) is 11.4. The van der Waals surface area contributed by atoms with E-state index in [1.54, 1.807) is 12.1 Å². The van der Waals surface area contributed by atoms with Crippen LogP contribution in [0.3, 0.4) is 0 Å². The Morgan fingerprint density at radius 2 is 1.37 bits per heavy atom. The van der Waals surface area contributed by atoms with Crippen molar-refractivity contribution in [2.24, 2.45) is 7.05 Å². The fourth-order valence-electron chi connectivity index (χ4n) is 5.04. The third kappa shape index (κ3) is 2.85. The normalized spacial score (nSPS) is 13.3. The molecule has 7 rings (SSSR count). The highest BCUT2D eigenvalue weighted by Crippen LogP contribution is 2.35. The highest BCUT2D eigenvalue weighted by molar-refractivity contribution is 6.42. The molecule has 6 aromatic rings. The number of oxazole rings is 1. The van der Waals surface area contributed by atoms with Gasteiger partial charge in [-0.2, -0.15) is 4.98 Å². The Hall–Kier alpha value is -4.77. The van der Waals surface area contributed by atoms with Gasteiger partial charge in [0.1, 0.15) is 0 Å². The Kier molecular flexibility index (Phi) is 4.00. The van der Waals surface area contributed by atoms with E-state index >= 15 is 0 Å². The predicted molar refractivity (Wildman–Crippen MR) is 137 cm³/mol. The second-order valence-corrected chi connectivity index (χ2v) is 8.82. The SMILES string of the molecule is Cn1c(-c2cccc3ccccc23)cc2oc(C=C3C(=O)c4cc5ccccc5cc4C3=O)nc21. The molecule has 0 aliphatic heterocycles. The predicted octanol–water partition coefficient (Wildman–Crippen LogP) is 6.60. The van der Waals surface area contributed by atoms with Crippen LogP contribution in [-0.4, -0.2) is 21.1 Å². The van der Waals surface area contributed by atoms with Gasteiger partial charge in [-0.25, -0.2) is 0 Å². The van der Waals surface area contributed by atoms with Crippen LogP contribution in [0.15, 0.2) is 94.9 Å². The summed E-state index contributed by atoms with van der Waals surface area (Å²) >= 11 is 0. The summed E-state index contributed by atoms with van der Waals surface area (Å²) in [5.74, 6) is -0.354. The molecule has 0 atom stereocenters. The van der Waals surface area contributed by atoms with Crippen molar-refractivity contribution in [2.75, 3.05) is 0 Å². The van der Waals surface area contributed by atoms with E-state index in [-0.39, 0.29) is 23.0 Å². The minimum Gasteiger partial charge on any atom is -0.435 e. The maximum atomic E-state index is 13.1. The number of carbonyl (C=O) groups excluding carboxylic acids is 2. The van der Waals surface area contributed by atoms with Crippen LogP contribution >= 0.6 is 0 Å². The molecule has 0 amide bonds. The number of hydrogen-bond donors (Lipinski definition) is 0. The molecule has 2 heterocycles. The Bertz CT molecular complexity index is 1840. The lowest BCUT2D eigenvalue weighted by Crippen LogP contribution is -2.00. The highest BCUT2D eigenvalue weighted by atomic mass is 16.3. The van der Waals surface area contributed by atoms with Crippen LogP contribution in [0, 0.1) is 0 Å². The summed E-state index contributed by atoms with van der Waals surface area (Å²) in [6, 6.07) is 27.7.